The monoisotopic (exact) mass is 770 g/mol. The molecule has 23 heteroatoms. The molecule has 11 nitrogen and oxygen atoms in total. The van der Waals surface area contributed by atoms with Gasteiger partial charge in [0.15, 0.2) is 24.3 Å². The van der Waals surface area contributed by atoms with E-state index in [1.807, 2.05) is 0 Å². The fourth-order valence-electron chi connectivity index (χ4n) is 6.18. The molecule has 4 fully saturated rings. The molecule has 1 aliphatic carbocycles. The van der Waals surface area contributed by atoms with E-state index in [0.717, 1.165) is 0 Å². The summed E-state index contributed by atoms with van der Waals surface area (Å²) in [5, 5.41) is 0. The van der Waals surface area contributed by atoms with Gasteiger partial charge in [-0.2, -0.15) is 52.7 Å². The van der Waals surface area contributed by atoms with Gasteiger partial charge in [0.05, 0.1) is 17.3 Å². The lowest BCUT2D eigenvalue weighted by molar-refractivity contribution is -0.317. The van der Waals surface area contributed by atoms with Crippen molar-refractivity contribution in [3.05, 3.63) is 0 Å². The van der Waals surface area contributed by atoms with Crippen LogP contribution >= 0.6 is 0 Å². The van der Waals surface area contributed by atoms with Crippen molar-refractivity contribution in [3.8, 4) is 0 Å². The Bertz CT molecular complexity index is 1300. The number of carbonyl (C=O) groups excluding carboxylic acids is 4. The Morgan fingerprint density at radius 2 is 1.16 bits per heavy atom. The minimum Gasteiger partial charge on any atom is -0.454 e. The molecule has 3 heterocycles. The Morgan fingerprint density at radius 3 is 1.53 bits per heavy atom. The second-order valence-corrected chi connectivity index (χ2v) is 13.7. The highest BCUT2D eigenvalue weighted by Crippen LogP contribution is 2.54. The van der Waals surface area contributed by atoms with E-state index in [4.69, 9.17) is 23.7 Å². The summed E-state index contributed by atoms with van der Waals surface area (Å²) in [6.45, 7) is 8.47. The second-order valence-electron chi connectivity index (χ2n) is 13.7. The minimum absolute atomic E-state index is 0.263. The zero-order valence-electron chi connectivity index (χ0n) is 26.8. The van der Waals surface area contributed by atoms with Gasteiger partial charge < -0.3 is 33.2 Å². The summed E-state index contributed by atoms with van der Waals surface area (Å²) < 4.78 is 192. The number of hydrogen-bond acceptors (Lipinski definition) is 11. The topological polar surface area (TPSA) is 133 Å². The summed E-state index contributed by atoms with van der Waals surface area (Å²) >= 11 is 0. The van der Waals surface area contributed by atoms with E-state index in [2.05, 4.69) is 9.47 Å². The average molecular weight is 771 g/mol. The normalized spacial score (nSPS) is 32.5. The van der Waals surface area contributed by atoms with Crippen molar-refractivity contribution < 1.29 is 105 Å². The van der Waals surface area contributed by atoms with Crippen LogP contribution < -0.4 is 0 Å². The molecule has 8 unspecified atom stereocenters. The highest BCUT2D eigenvalue weighted by atomic mass is 19.4. The number of alkyl halides is 12. The Kier molecular flexibility index (Phi) is 10.2. The number of halogens is 12. The molecular formula is C28H30F12O11. The zero-order valence-corrected chi connectivity index (χ0v) is 26.8. The fourth-order valence-corrected chi connectivity index (χ4v) is 6.18. The molecule has 4 rings (SSSR count). The van der Waals surface area contributed by atoms with Crippen LogP contribution in [0.5, 0.6) is 0 Å². The summed E-state index contributed by atoms with van der Waals surface area (Å²) in [6.07, 6.45) is -45.0. The van der Waals surface area contributed by atoms with Crippen LogP contribution in [0.15, 0.2) is 0 Å². The number of rotatable bonds is 7. The van der Waals surface area contributed by atoms with Crippen LogP contribution in [0.1, 0.15) is 53.9 Å². The van der Waals surface area contributed by atoms with Gasteiger partial charge in [0, 0.05) is 12.8 Å². The fraction of sp³-hybridized carbons (Fsp3) is 0.857. The first kappa shape index (κ1) is 40.7. The van der Waals surface area contributed by atoms with Crippen molar-refractivity contribution >= 4 is 23.9 Å². The standard InChI is InChI=1S/C28H30F12O11/c1-6-23(5,22(2,3)4)21(44)47-13-11-12(45-17(13)43)14-18(46-11)51-24(50-14)7-9(15(41)48-19(25(29,30)31)26(32,33)34)10(8-24)16(42)49-20(27(35,36)37)28(38,39)40/h9-14,18-20H,6-8H2,1-5H3. The van der Waals surface area contributed by atoms with Gasteiger partial charge in [-0.1, -0.05) is 27.7 Å². The minimum atomic E-state index is -6.30. The summed E-state index contributed by atoms with van der Waals surface area (Å²) in [5.74, 6) is -14.9. The summed E-state index contributed by atoms with van der Waals surface area (Å²) in [6, 6.07) is 0. The average Bonchev–Trinajstić information content (AvgIpc) is 3.66. The lowest BCUT2D eigenvalue weighted by atomic mass is 9.66. The summed E-state index contributed by atoms with van der Waals surface area (Å²) in [4.78, 5) is 51.4. The van der Waals surface area contributed by atoms with Crippen LogP contribution in [-0.4, -0.2) is 97.3 Å². The van der Waals surface area contributed by atoms with Crippen molar-refractivity contribution in [2.75, 3.05) is 0 Å². The maximum Gasteiger partial charge on any atom is 0.434 e. The second kappa shape index (κ2) is 12.8. The Balaban J connectivity index is 1.60. The molecule has 0 radical (unpaired) electrons. The number of fused-ring (bicyclic) bond motifs is 3. The third-order valence-corrected chi connectivity index (χ3v) is 9.53. The smallest absolute Gasteiger partial charge is 0.434 e. The van der Waals surface area contributed by atoms with Crippen LogP contribution in [-0.2, 0) is 52.3 Å². The first-order chi connectivity index (χ1) is 22.9. The molecule has 0 bridgehead atoms. The van der Waals surface area contributed by atoms with Crippen molar-refractivity contribution in [2.24, 2.45) is 22.7 Å². The van der Waals surface area contributed by atoms with E-state index < -0.39 is 133 Å². The lowest BCUT2D eigenvalue weighted by Gasteiger charge is -2.39. The molecule has 292 valence electrons. The molecule has 3 saturated heterocycles. The summed E-state index contributed by atoms with van der Waals surface area (Å²) in [5.41, 5.74) is -1.81. The van der Waals surface area contributed by atoms with Crippen LogP contribution in [0, 0.1) is 22.7 Å². The highest BCUT2D eigenvalue weighted by Gasteiger charge is 2.70. The van der Waals surface area contributed by atoms with Crippen molar-refractivity contribution in [1.82, 2.24) is 0 Å². The molecule has 0 aromatic heterocycles. The van der Waals surface area contributed by atoms with E-state index in [0.29, 0.717) is 0 Å². The molecule has 1 spiro atoms. The Morgan fingerprint density at radius 1 is 0.725 bits per heavy atom. The Labute approximate surface area is 279 Å². The molecule has 0 amide bonds. The van der Waals surface area contributed by atoms with E-state index in [1.165, 1.54) is 0 Å². The molecule has 1 saturated carbocycles. The van der Waals surface area contributed by atoms with E-state index in [9.17, 15) is 71.9 Å². The number of hydrogen-bond donors (Lipinski definition) is 0. The van der Waals surface area contributed by atoms with Crippen molar-refractivity contribution in [1.29, 1.82) is 0 Å². The molecule has 0 aromatic carbocycles. The SMILES string of the molecule is CCC(C)(C(=O)OC1C(=O)OC2C3OC4(CC(C(=O)OC(C(F)(F)F)C(F)(F)F)C(C(=O)OC(C(F)(F)F)C(F)(F)F)C4)OC3OC12)C(C)(C)C. The molecule has 4 aliphatic rings. The maximum absolute atomic E-state index is 13.2. The van der Waals surface area contributed by atoms with Gasteiger partial charge >= 0.3 is 48.6 Å². The van der Waals surface area contributed by atoms with Gasteiger partial charge in [0.2, 0.25) is 6.10 Å². The van der Waals surface area contributed by atoms with Crippen LogP contribution in [0.3, 0.4) is 0 Å². The van der Waals surface area contributed by atoms with Crippen LogP contribution in [0.25, 0.3) is 0 Å². The molecule has 0 N–H and O–H groups in total. The van der Waals surface area contributed by atoms with E-state index in [1.54, 1.807) is 34.6 Å². The number of esters is 4. The quantitative estimate of drug-likeness (QED) is 0.192. The first-order valence-corrected chi connectivity index (χ1v) is 15.0. The third kappa shape index (κ3) is 7.70. The van der Waals surface area contributed by atoms with Crippen molar-refractivity contribution in [2.45, 2.75) is 127 Å². The van der Waals surface area contributed by atoms with Gasteiger partial charge in [-0.25, -0.2) is 4.79 Å². The Hall–Kier alpha value is -3.08. The lowest BCUT2D eigenvalue weighted by Crippen LogP contribution is -2.48. The van der Waals surface area contributed by atoms with E-state index >= 15 is 0 Å². The molecule has 0 aromatic rings. The van der Waals surface area contributed by atoms with Crippen molar-refractivity contribution in [3.63, 3.8) is 0 Å². The predicted octanol–water partition coefficient (Wildman–Crippen LogP) is 5.22. The van der Waals surface area contributed by atoms with Gasteiger partial charge in [0.1, 0.15) is 6.10 Å². The van der Waals surface area contributed by atoms with Gasteiger partial charge in [-0.05, 0) is 18.8 Å². The predicted molar refractivity (Wildman–Crippen MR) is 135 cm³/mol. The molecule has 51 heavy (non-hydrogen) atoms. The van der Waals surface area contributed by atoms with E-state index in [-0.39, 0.29) is 6.42 Å². The van der Waals surface area contributed by atoms with Gasteiger partial charge in [-0.3, -0.25) is 14.4 Å². The molecule has 3 aliphatic heterocycles. The van der Waals surface area contributed by atoms with Gasteiger partial charge in [0.25, 0.3) is 12.2 Å². The van der Waals surface area contributed by atoms with Gasteiger partial charge in [-0.15, -0.1) is 0 Å². The third-order valence-electron chi connectivity index (χ3n) is 9.53. The highest BCUT2D eigenvalue weighted by molar-refractivity contribution is 5.85. The zero-order chi connectivity index (χ0) is 39.1. The summed E-state index contributed by atoms with van der Waals surface area (Å²) in [7, 11) is 0. The largest absolute Gasteiger partial charge is 0.454 e. The first-order valence-electron chi connectivity index (χ1n) is 15.0. The number of carbonyl (C=O) groups is 4. The maximum atomic E-state index is 13.2. The molecular weight excluding hydrogens is 740 g/mol. The van der Waals surface area contributed by atoms with Crippen LogP contribution in [0.2, 0.25) is 0 Å². The number of ether oxygens (including phenoxy) is 7. The van der Waals surface area contributed by atoms with Crippen LogP contribution in [0.4, 0.5) is 52.7 Å². The molecule has 8 atom stereocenters.